The zero-order valence-electron chi connectivity index (χ0n) is 11.3. The predicted octanol–water partition coefficient (Wildman–Crippen LogP) is 1.49. The van der Waals surface area contributed by atoms with E-state index < -0.39 is 0 Å². The molecule has 2 aromatic rings. The van der Waals surface area contributed by atoms with E-state index in [1.54, 1.807) is 16.7 Å². The summed E-state index contributed by atoms with van der Waals surface area (Å²) in [5.41, 5.74) is 0.737. The van der Waals surface area contributed by atoms with Gasteiger partial charge in [0.2, 0.25) is 0 Å². The van der Waals surface area contributed by atoms with Crippen LogP contribution in [0.25, 0.3) is 10.9 Å². The van der Waals surface area contributed by atoms with Gasteiger partial charge in [-0.3, -0.25) is 9.36 Å². The lowest BCUT2D eigenvalue weighted by atomic mass is 10.2. The topological polar surface area (TPSA) is 64.3 Å². The van der Waals surface area contributed by atoms with Crippen LogP contribution in [0.4, 0.5) is 0 Å². The second kappa shape index (κ2) is 5.63. The van der Waals surface area contributed by atoms with Crippen molar-refractivity contribution < 1.29 is 9.84 Å². The lowest BCUT2D eigenvalue weighted by molar-refractivity contribution is 0.201. The van der Waals surface area contributed by atoms with Crippen molar-refractivity contribution >= 4 is 10.9 Å². The van der Waals surface area contributed by atoms with Crippen LogP contribution in [0, 0.1) is 0 Å². The molecular weight excluding hydrogens is 256 g/mol. The average Bonchev–Trinajstić information content (AvgIpc) is 2.71. The molecule has 3 rings (SSSR count). The summed E-state index contributed by atoms with van der Waals surface area (Å²) in [5, 5.41) is 9.37. The summed E-state index contributed by atoms with van der Waals surface area (Å²) < 4.78 is 7.16. The largest absolute Gasteiger partial charge is 0.491 e. The summed E-state index contributed by atoms with van der Waals surface area (Å²) in [4.78, 5) is 17.2. The van der Waals surface area contributed by atoms with Crippen molar-refractivity contribution in [2.75, 3.05) is 13.2 Å². The van der Waals surface area contributed by atoms with Gasteiger partial charge in [-0.1, -0.05) is 6.42 Å². The zero-order valence-corrected chi connectivity index (χ0v) is 11.3. The molecule has 0 amide bonds. The van der Waals surface area contributed by atoms with Gasteiger partial charge in [0.1, 0.15) is 18.2 Å². The van der Waals surface area contributed by atoms with Crippen molar-refractivity contribution in [3.63, 3.8) is 0 Å². The maximum absolute atomic E-state index is 12.6. The van der Waals surface area contributed by atoms with Crippen molar-refractivity contribution in [3.8, 4) is 5.75 Å². The van der Waals surface area contributed by atoms with Gasteiger partial charge in [-0.2, -0.15) is 0 Å². The fourth-order valence-electron chi connectivity index (χ4n) is 2.65. The van der Waals surface area contributed by atoms with E-state index in [1.807, 2.05) is 6.07 Å². The molecule has 1 aromatic carbocycles. The number of hydrogen-bond acceptors (Lipinski definition) is 4. The Bertz CT molecular complexity index is 679. The number of aliphatic hydroxyl groups is 1. The summed E-state index contributed by atoms with van der Waals surface area (Å²) in [7, 11) is 0. The molecule has 1 aliphatic rings. The van der Waals surface area contributed by atoms with Crippen molar-refractivity contribution in [1.29, 1.82) is 0 Å². The molecule has 106 valence electrons. The van der Waals surface area contributed by atoms with Crippen LogP contribution in [0.2, 0.25) is 0 Å². The van der Waals surface area contributed by atoms with Gasteiger partial charge in [-0.15, -0.1) is 0 Å². The molecule has 1 N–H and O–H groups in total. The number of hydrogen-bond donors (Lipinski definition) is 1. The minimum atomic E-state index is -0.0422. The highest BCUT2D eigenvalue weighted by Gasteiger charge is 2.14. The Morgan fingerprint density at radius 3 is 3.05 bits per heavy atom. The SMILES string of the molecule is O=c1c2cc(OCCO)ccc2nc2n1CCCCC2. The van der Waals surface area contributed by atoms with Gasteiger partial charge in [-0.05, 0) is 31.0 Å². The number of aryl methyl sites for hydroxylation is 1. The van der Waals surface area contributed by atoms with Gasteiger partial charge in [-0.25, -0.2) is 4.98 Å². The van der Waals surface area contributed by atoms with Crippen molar-refractivity contribution in [1.82, 2.24) is 9.55 Å². The molecule has 0 bridgehead atoms. The van der Waals surface area contributed by atoms with Crippen molar-refractivity contribution in [3.05, 3.63) is 34.4 Å². The molecule has 0 aliphatic carbocycles. The maximum atomic E-state index is 12.6. The molecule has 0 saturated carbocycles. The summed E-state index contributed by atoms with van der Waals surface area (Å²) in [6, 6.07) is 5.33. The second-order valence-electron chi connectivity index (χ2n) is 5.05. The number of aromatic nitrogens is 2. The third kappa shape index (κ3) is 2.41. The van der Waals surface area contributed by atoms with E-state index in [9.17, 15) is 4.79 Å². The van der Waals surface area contributed by atoms with E-state index in [4.69, 9.17) is 9.84 Å². The lowest BCUT2D eigenvalue weighted by Crippen LogP contribution is -2.24. The highest BCUT2D eigenvalue weighted by Crippen LogP contribution is 2.19. The smallest absolute Gasteiger partial charge is 0.261 e. The zero-order chi connectivity index (χ0) is 13.9. The maximum Gasteiger partial charge on any atom is 0.261 e. The van der Waals surface area contributed by atoms with E-state index in [-0.39, 0.29) is 18.8 Å². The molecule has 0 atom stereocenters. The quantitative estimate of drug-likeness (QED) is 0.921. The van der Waals surface area contributed by atoms with Gasteiger partial charge in [0, 0.05) is 13.0 Å². The Kier molecular flexibility index (Phi) is 3.69. The fourth-order valence-corrected chi connectivity index (χ4v) is 2.65. The standard InChI is InChI=1S/C15H18N2O3/c18-8-9-20-11-5-6-13-12(10-11)15(19)17-7-3-1-2-4-14(17)16-13/h5-6,10,18H,1-4,7-9H2. The predicted molar refractivity (Wildman–Crippen MR) is 76.1 cm³/mol. The Morgan fingerprint density at radius 2 is 2.20 bits per heavy atom. The number of ether oxygens (including phenoxy) is 1. The van der Waals surface area contributed by atoms with Crippen LogP contribution in [-0.2, 0) is 13.0 Å². The van der Waals surface area contributed by atoms with Crippen LogP contribution in [0.15, 0.2) is 23.0 Å². The normalized spacial score (nSPS) is 14.8. The third-order valence-electron chi connectivity index (χ3n) is 3.65. The van der Waals surface area contributed by atoms with Crippen LogP contribution in [-0.4, -0.2) is 27.9 Å². The molecule has 0 radical (unpaired) electrons. The molecule has 2 heterocycles. The average molecular weight is 274 g/mol. The Labute approximate surface area is 116 Å². The Hall–Kier alpha value is -1.88. The highest BCUT2D eigenvalue weighted by molar-refractivity contribution is 5.79. The van der Waals surface area contributed by atoms with Crippen LogP contribution in [0.3, 0.4) is 0 Å². The molecule has 0 fully saturated rings. The van der Waals surface area contributed by atoms with Gasteiger partial charge in [0.15, 0.2) is 0 Å². The minimum absolute atomic E-state index is 0.0151. The second-order valence-corrected chi connectivity index (χ2v) is 5.05. The molecule has 0 unspecified atom stereocenters. The van der Waals surface area contributed by atoms with E-state index in [1.165, 1.54) is 0 Å². The van der Waals surface area contributed by atoms with Crippen LogP contribution < -0.4 is 10.3 Å². The first kappa shape index (κ1) is 13.1. The Balaban J connectivity index is 2.10. The summed E-state index contributed by atoms with van der Waals surface area (Å²) in [6.07, 6.45) is 4.13. The molecule has 5 nitrogen and oxygen atoms in total. The molecular formula is C15H18N2O3. The molecule has 1 aromatic heterocycles. The highest BCUT2D eigenvalue weighted by atomic mass is 16.5. The van der Waals surface area contributed by atoms with Crippen molar-refractivity contribution in [2.45, 2.75) is 32.2 Å². The van der Waals surface area contributed by atoms with E-state index in [0.29, 0.717) is 11.1 Å². The summed E-state index contributed by atoms with van der Waals surface area (Å²) in [5.74, 6) is 1.49. The first-order chi connectivity index (χ1) is 9.79. The molecule has 0 spiro atoms. The fraction of sp³-hybridized carbons (Fsp3) is 0.467. The summed E-state index contributed by atoms with van der Waals surface area (Å²) >= 11 is 0. The molecule has 5 heteroatoms. The van der Waals surface area contributed by atoms with Crippen LogP contribution in [0.5, 0.6) is 5.75 Å². The minimum Gasteiger partial charge on any atom is -0.491 e. The number of aliphatic hydroxyl groups excluding tert-OH is 1. The number of fused-ring (bicyclic) bond motifs is 2. The summed E-state index contributed by atoms with van der Waals surface area (Å²) in [6.45, 7) is 0.934. The first-order valence-corrected chi connectivity index (χ1v) is 7.07. The van der Waals surface area contributed by atoms with Gasteiger partial charge in [0.25, 0.3) is 5.56 Å². The van der Waals surface area contributed by atoms with Gasteiger partial charge >= 0.3 is 0 Å². The van der Waals surface area contributed by atoms with Crippen LogP contribution in [0.1, 0.15) is 25.1 Å². The van der Waals surface area contributed by atoms with Gasteiger partial charge in [0.05, 0.1) is 17.5 Å². The number of benzene rings is 1. The van der Waals surface area contributed by atoms with E-state index in [0.717, 1.165) is 43.6 Å². The molecule has 0 saturated heterocycles. The first-order valence-electron chi connectivity index (χ1n) is 7.07. The van der Waals surface area contributed by atoms with E-state index >= 15 is 0 Å². The third-order valence-corrected chi connectivity index (χ3v) is 3.65. The number of nitrogens with zero attached hydrogens (tertiary/aromatic N) is 2. The van der Waals surface area contributed by atoms with Gasteiger partial charge < -0.3 is 9.84 Å². The van der Waals surface area contributed by atoms with Crippen molar-refractivity contribution in [2.24, 2.45) is 0 Å². The van der Waals surface area contributed by atoms with E-state index in [2.05, 4.69) is 4.98 Å². The van der Waals surface area contributed by atoms with Crippen LogP contribution >= 0.6 is 0 Å². The Morgan fingerprint density at radius 1 is 1.30 bits per heavy atom. The number of rotatable bonds is 3. The lowest BCUT2D eigenvalue weighted by Gasteiger charge is -2.11. The molecule has 20 heavy (non-hydrogen) atoms. The molecule has 1 aliphatic heterocycles. The monoisotopic (exact) mass is 274 g/mol.